The number of phenols is 1. The smallest absolute Gasteiger partial charge is 0.299 e. The quantitative estimate of drug-likeness (QED) is 0.448. The van der Waals surface area contributed by atoms with Crippen molar-refractivity contribution in [3.8, 4) is 11.6 Å². The lowest BCUT2D eigenvalue weighted by atomic mass is 10.1. The molecule has 0 spiro atoms. The van der Waals surface area contributed by atoms with Gasteiger partial charge in [0.25, 0.3) is 5.91 Å². The van der Waals surface area contributed by atoms with Crippen molar-refractivity contribution in [1.29, 1.82) is 0 Å². The molecule has 4 aromatic rings. The van der Waals surface area contributed by atoms with E-state index in [1.54, 1.807) is 6.07 Å². The molecule has 0 aliphatic carbocycles. The molecule has 0 saturated heterocycles. The molecule has 0 aliphatic heterocycles. The van der Waals surface area contributed by atoms with Gasteiger partial charge in [-0.3, -0.25) is 4.79 Å². The summed E-state index contributed by atoms with van der Waals surface area (Å²) < 4.78 is 0. The summed E-state index contributed by atoms with van der Waals surface area (Å²) in [6.45, 7) is 1.92. The van der Waals surface area contributed by atoms with Gasteiger partial charge in [-0.15, -0.1) is 10.2 Å². The number of rotatable bonds is 2. The second-order valence-electron chi connectivity index (χ2n) is 6.09. The number of phenolic OH excluding ortho intramolecular Hbond substituents is 1. The average molecular weight is 345 g/mol. The molecule has 1 heterocycles. The molecule has 6 nitrogen and oxygen atoms in total. The third kappa shape index (κ3) is 2.67. The van der Waals surface area contributed by atoms with Gasteiger partial charge in [-0.25, -0.2) is 0 Å². The maximum Gasteiger partial charge on any atom is 0.299 e. The maximum atomic E-state index is 12.4. The van der Waals surface area contributed by atoms with E-state index >= 15 is 0 Å². The predicted molar refractivity (Wildman–Crippen MR) is 99.2 cm³/mol. The van der Waals surface area contributed by atoms with Crippen molar-refractivity contribution in [3.05, 3.63) is 65.7 Å². The van der Waals surface area contributed by atoms with Crippen molar-refractivity contribution in [1.82, 2.24) is 4.98 Å². The van der Waals surface area contributed by atoms with Crippen LogP contribution in [-0.4, -0.2) is 21.1 Å². The van der Waals surface area contributed by atoms with Crippen molar-refractivity contribution < 1.29 is 15.0 Å². The molecular weight excluding hydrogens is 330 g/mol. The van der Waals surface area contributed by atoms with E-state index in [1.165, 1.54) is 6.07 Å². The van der Waals surface area contributed by atoms with Gasteiger partial charge in [0.1, 0.15) is 5.75 Å². The SMILES string of the molecule is Cc1ccc2[nH]c(O)c(N=NC(=O)c3cc4ccccc4cc3O)c2c1. The lowest BCUT2D eigenvalue weighted by Crippen LogP contribution is -1.94. The number of fused-ring (bicyclic) bond motifs is 2. The third-order valence-corrected chi connectivity index (χ3v) is 4.24. The van der Waals surface area contributed by atoms with Gasteiger partial charge in [-0.2, -0.15) is 0 Å². The van der Waals surface area contributed by atoms with Crippen molar-refractivity contribution in [2.75, 3.05) is 0 Å². The van der Waals surface area contributed by atoms with Crippen LogP contribution in [-0.2, 0) is 0 Å². The zero-order valence-corrected chi connectivity index (χ0v) is 13.9. The molecule has 6 heteroatoms. The number of azo groups is 1. The molecule has 0 atom stereocenters. The van der Waals surface area contributed by atoms with Crippen molar-refractivity contribution >= 4 is 33.3 Å². The summed E-state index contributed by atoms with van der Waals surface area (Å²) in [4.78, 5) is 15.2. The Balaban J connectivity index is 1.74. The number of hydrogen-bond donors (Lipinski definition) is 3. The fourth-order valence-corrected chi connectivity index (χ4v) is 2.93. The molecule has 3 N–H and O–H groups in total. The Hall–Kier alpha value is -3.67. The molecule has 128 valence electrons. The Morgan fingerprint density at radius 3 is 2.50 bits per heavy atom. The largest absolute Gasteiger partial charge is 0.507 e. The van der Waals surface area contributed by atoms with Crippen LogP contribution in [0.15, 0.2) is 64.8 Å². The summed E-state index contributed by atoms with van der Waals surface area (Å²) in [5.74, 6) is -1.01. The molecule has 0 aliphatic rings. The van der Waals surface area contributed by atoms with Crippen LogP contribution in [0.25, 0.3) is 21.7 Å². The monoisotopic (exact) mass is 345 g/mol. The van der Waals surface area contributed by atoms with Crippen LogP contribution in [0.5, 0.6) is 11.6 Å². The van der Waals surface area contributed by atoms with Crippen LogP contribution >= 0.6 is 0 Å². The van der Waals surface area contributed by atoms with E-state index in [0.29, 0.717) is 10.9 Å². The zero-order chi connectivity index (χ0) is 18.3. The lowest BCUT2D eigenvalue weighted by molar-refractivity contribution is 0.0992. The van der Waals surface area contributed by atoms with Gasteiger partial charge in [0.2, 0.25) is 5.88 Å². The minimum atomic E-state index is -0.686. The first kappa shape index (κ1) is 15.8. The van der Waals surface area contributed by atoms with Crippen LogP contribution in [0.4, 0.5) is 5.69 Å². The first-order chi connectivity index (χ1) is 12.5. The van der Waals surface area contributed by atoms with E-state index < -0.39 is 5.91 Å². The molecule has 26 heavy (non-hydrogen) atoms. The Labute approximate surface area is 148 Å². The third-order valence-electron chi connectivity index (χ3n) is 4.24. The molecule has 1 aromatic heterocycles. The summed E-state index contributed by atoms with van der Waals surface area (Å²) in [6, 6.07) is 16.0. The van der Waals surface area contributed by atoms with Gasteiger partial charge in [-0.1, -0.05) is 35.9 Å². The Morgan fingerprint density at radius 1 is 1.00 bits per heavy atom. The second kappa shape index (κ2) is 6.00. The first-order valence-corrected chi connectivity index (χ1v) is 8.02. The lowest BCUT2D eigenvalue weighted by Gasteiger charge is -2.03. The number of nitrogens with one attached hydrogen (secondary N) is 1. The van der Waals surface area contributed by atoms with Crippen LogP contribution in [0.1, 0.15) is 15.9 Å². The van der Waals surface area contributed by atoms with Gasteiger partial charge in [0, 0.05) is 5.39 Å². The van der Waals surface area contributed by atoms with Crippen LogP contribution in [0.2, 0.25) is 0 Å². The molecule has 0 saturated carbocycles. The van der Waals surface area contributed by atoms with Gasteiger partial charge >= 0.3 is 0 Å². The van der Waals surface area contributed by atoms with Crippen LogP contribution in [0, 0.1) is 6.92 Å². The highest BCUT2D eigenvalue weighted by molar-refractivity contribution is 6.02. The Morgan fingerprint density at radius 2 is 1.73 bits per heavy atom. The Bertz CT molecular complexity index is 1190. The van der Waals surface area contributed by atoms with E-state index in [9.17, 15) is 15.0 Å². The zero-order valence-electron chi connectivity index (χ0n) is 13.9. The van der Waals surface area contributed by atoms with E-state index in [2.05, 4.69) is 15.2 Å². The number of aromatic amines is 1. The highest BCUT2D eigenvalue weighted by Gasteiger charge is 2.14. The number of carbonyl (C=O) groups excluding carboxylic acids is 1. The van der Waals surface area contributed by atoms with Crippen LogP contribution in [0.3, 0.4) is 0 Å². The number of aryl methyl sites for hydroxylation is 1. The minimum absolute atomic E-state index is 0.0583. The molecule has 3 aromatic carbocycles. The molecular formula is C20H15N3O3. The summed E-state index contributed by atoms with van der Waals surface area (Å²) >= 11 is 0. The molecule has 4 rings (SSSR count). The predicted octanol–water partition coefficient (Wildman–Crippen LogP) is 4.96. The van der Waals surface area contributed by atoms with Crippen molar-refractivity contribution in [3.63, 3.8) is 0 Å². The summed E-state index contributed by atoms with van der Waals surface area (Å²) in [6.07, 6.45) is 0. The number of hydrogen-bond acceptors (Lipinski definition) is 4. The highest BCUT2D eigenvalue weighted by atomic mass is 16.3. The van der Waals surface area contributed by atoms with Crippen molar-refractivity contribution in [2.45, 2.75) is 6.92 Å². The minimum Gasteiger partial charge on any atom is -0.507 e. The van der Waals surface area contributed by atoms with E-state index in [0.717, 1.165) is 16.3 Å². The number of aromatic hydroxyl groups is 2. The number of aromatic nitrogens is 1. The highest BCUT2D eigenvalue weighted by Crippen LogP contribution is 2.36. The topological polar surface area (TPSA) is 98.0 Å². The van der Waals surface area contributed by atoms with Crippen molar-refractivity contribution in [2.24, 2.45) is 10.2 Å². The Kier molecular flexibility index (Phi) is 3.65. The summed E-state index contributed by atoms with van der Waals surface area (Å²) in [7, 11) is 0. The fourth-order valence-electron chi connectivity index (χ4n) is 2.93. The standard InChI is InChI=1S/C20H15N3O3/c1-11-6-7-16-14(8-11)18(20(26)21-16)22-23-19(25)15-9-12-4-2-3-5-13(12)10-17(15)24/h2-10,21,24,26H,1H3. The van der Waals surface area contributed by atoms with E-state index in [-0.39, 0.29) is 22.9 Å². The molecule has 1 amide bonds. The van der Waals surface area contributed by atoms with Gasteiger partial charge in [0.05, 0.1) is 11.1 Å². The summed E-state index contributed by atoms with van der Waals surface area (Å²) in [5.41, 5.74) is 1.94. The van der Waals surface area contributed by atoms with Crippen LogP contribution < -0.4 is 0 Å². The molecule has 0 bridgehead atoms. The second-order valence-corrected chi connectivity index (χ2v) is 6.09. The van der Waals surface area contributed by atoms with Gasteiger partial charge < -0.3 is 15.2 Å². The fraction of sp³-hybridized carbons (Fsp3) is 0.0500. The van der Waals surface area contributed by atoms with Gasteiger partial charge in [-0.05, 0) is 42.0 Å². The molecule has 0 fully saturated rings. The van der Waals surface area contributed by atoms with E-state index in [1.807, 2.05) is 49.4 Å². The number of H-pyrrole nitrogens is 1. The maximum absolute atomic E-state index is 12.4. The molecule has 0 radical (unpaired) electrons. The van der Waals surface area contributed by atoms with E-state index in [4.69, 9.17) is 0 Å². The number of amides is 1. The number of nitrogens with zero attached hydrogens (tertiary/aromatic N) is 2. The van der Waals surface area contributed by atoms with Gasteiger partial charge in [0.15, 0.2) is 5.69 Å². The molecule has 0 unspecified atom stereocenters. The summed E-state index contributed by atoms with van der Waals surface area (Å²) in [5, 5.41) is 30.1. The number of carbonyl (C=O) groups is 1. The number of benzene rings is 3. The average Bonchev–Trinajstić information content (AvgIpc) is 2.93. The normalized spacial score (nSPS) is 11.6. The first-order valence-electron chi connectivity index (χ1n) is 8.02.